The molecule has 2 aromatic rings. The van der Waals surface area contributed by atoms with Gasteiger partial charge in [-0.1, -0.05) is 12.5 Å². The SMILES string of the molecule is Cc1cc(C)c(S(=O)(=O)Nc2ccc(N3CCC(N4CCCCC4)CC3)cc2C(=O)O)cc1C. The van der Waals surface area contributed by atoms with Crippen LogP contribution in [0.3, 0.4) is 0 Å². The van der Waals surface area contributed by atoms with E-state index < -0.39 is 16.0 Å². The van der Waals surface area contributed by atoms with Crippen LogP contribution in [0, 0.1) is 20.8 Å². The third-order valence-electron chi connectivity index (χ3n) is 7.30. The Balaban J connectivity index is 1.52. The van der Waals surface area contributed by atoms with Crippen LogP contribution in [0.15, 0.2) is 35.2 Å². The summed E-state index contributed by atoms with van der Waals surface area (Å²) in [7, 11) is -3.93. The summed E-state index contributed by atoms with van der Waals surface area (Å²) >= 11 is 0. The van der Waals surface area contributed by atoms with Gasteiger partial charge in [-0.25, -0.2) is 13.2 Å². The molecule has 0 amide bonds. The lowest BCUT2D eigenvalue weighted by molar-refractivity contribution is 0.0698. The van der Waals surface area contributed by atoms with Gasteiger partial charge in [-0.05, 0) is 100 Å². The van der Waals surface area contributed by atoms with Gasteiger partial charge in [0.1, 0.15) is 0 Å². The smallest absolute Gasteiger partial charge is 0.337 e. The summed E-state index contributed by atoms with van der Waals surface area (Å²) in [6.45, 7) is 9.64. The molecule has 2 saturated heterocycles. The first kappa shape index (κ1) is 24.5. The predicted molar refractivity (Wildman–Crippen MR) is 136 cm³/mol. The van der Waals surface area contributed by atoms with E-state index in [9.17, 15) is 18.3 Å². The molecule has 2 aliphatic rings. The van der Waals surface area contributed by atoms with E-state index in [2.05, 4.69) is 14.5 Å². The topological polar surface area (TPSA) is 90.0 Å². The minimum Gasteiger partial charge on any atom is -0.478 e. The number of sulfonamides is 1. The molecular weight excluding hydrogens is 450 g/mol. The van der Waals surface area contributed by atoms with Crippen LogP contribution in [0.4, 0.5) is 11.4 Å². The van der Waals surface area contributed by atoms with Crippen LogP contribution in [0.5, 0.6) is 0 Å². The number of anilines is 2. The van der Waals surface area contributed by atoms with E-state index in [1.165, 1.54) is 32.4 Å². The zero-order valence-electron chi connectivity index (χ0n) is 20.3. The van der Waals surface area contributed by atoms with E-state index in [0.29, 0.717) is 11.6 Å². The summed E-state index contributed by atoms with van der Waals surface area (Å²) < 4.78 is 28.7. The van der Waals surface area contributed by atoms with Crippen molar-refractivity contribution in [2.75, 3.05) is 35.8 Å². The quantitative estimate of drug-likeness (QED) is 0.623. The van der Waals surface area contributed by atoms with Crippen LogP contribution in [-0.2, 0) is 10.0 Å². The van der Waals surface area contributed by atoms with Gasteiger partial charge >= 0.3 is 5.97 Å². The molecule has 2 N–H and O–H groups in total. The standard InChI is InChI=1S/C26H35N3O4S/c1-18-15-20(3)25(16-19(18)2)34(32,33)27-24-8-7-22(17-23(24)26(30)31)29-13-9-21(10-14-29)28-11-5-4-6-12-28/h7-8,15-17,21,27H,4-6,9-14H2,1-3H3,(H,30,31). The molecule has 0 atom stereocenters. The van der Waals surface area contributed by atoms with E-state index in [-0.39, 0.29) is 16.1 Å². The molecule has 7 nitrogen and oxygen atoms in total. The van der Waals surface area contributed by atoms with Gasteiger partial charge in [-0.3, -0.25) is 4.72 Å². The van der Waals surface area contributed by atoms with Crippen LogP contribution in [-0.4, -0.2) is 56.6 Å². The zero-order chi connectivity index (χ0) is 24.5. The fourth-order valence-electron chi connectivity index (χ4n) is 5.19. The Morgan fingerprint density at radius 3 is 2.21 bits per heavy atom. The van der Waals surface area contributed by atoms with Crippen molar-refractivity contribution in [1.82, 2.24) is 4.90 Å². The summed E-state index contributed by atoms with van der Waals surface area (Å²) in [4.78, 5) is 17.0. The highest BCUT2D eigenvalue weighted by molar-refractivity contribution is 7.92. The maximum absolute atomic E-state index is 13.1. The number of likely N-dealkylation sites (tertiary alicyclic amines) is 1. The van der Waals surface area contributed by atoms with Crippen molar-refractivity contribution in [1.29, 1.82) is 0 Å². The summed E-state index contributed by atoms with van der Waals surface area (Å²) in [5.41, 5.74) is 3.36. The van der Waals surface area contributed by atoms with Crippen LogP contribution >= 0.6 is 0 Å². The number of rotatable bonds is 6. The fraction of sp³-hybridized carbons (Fsp3) is 0.500. The molecule has 0 unspecified atom stereocenters. The number of nitrogens with one attached hydrogen (secondary N) is 1. The largest absolute Gasteiger partial charge is 0.478 e. The molecule has 0 bridgehead atoms. The van der Waals surface area contributed by atoms with Gasteiger partial charge in [0.15, 0.2) is 0 Å². The van der Waals surface area contributed by atoms with E-state index in [4.69, 9.17) is 0 Å². The molecule has 2 fully saturated rings. The van der Waals surface area contributed by atoms with Gasteiger partial charge in [-0.2, -0.15) is 0 Å². The molecule has 184 valence electrons. The van der Waals surface area contributed by atoms with Crippen LogP contribution in [0.2, 0.25) is 0 Å². The molecule has 4 rings (SSSR count). The predicted octanol–water partition coefficient (Wildman–Crippen LogP) is 4.57. The van der Waals surface area contributed by atoms with Crippen molar-refractivity contribution < 1.29 is 18.3 Å². The van der Waals surface area contributed by atoms with E-state index >= 15 is 0 Å². The number of nitrogens with zero attached hydrogens (tertiary/aromatic N) is 2. The van der Waals surface area contributed by atoms with E-state index in [0.717, 1.165) is 42.7 Å². The first-order valence-corrected chi connectivity index (χ1v) is 13.6. The lowest BCUT2D eigenvalue weighted by Gasteiger charge is -2.41. The second-order valence-electron chi connectivity index (χ2n) is 9.66. The van der Waals surface area contributed by atoms with Crippen LogP contribution < -0.4 is 9.62 Å². The lowest BCUT2D eigenvalue weighted by atomic mass is 9.99. The molecule has 0 spiro atoms. The first-order chi connectivity index (χ1) is 16.2. The number of carboxylic acid groups (broad SMARTS) is 1. The highest BCUT2D eigenvalue weighted by Crippen LogP contribution is 2.30. The number of hydrogen-bond donors (Lipinski definition) is 2. The highest BCUT2D eigenvalue weighted by atomic mass is 32.2. The van der Waals surface area contributed by atoms with Crippen molar-refractivity contribution in [3.63, 3.8) is 0 Å². The molecule has 0 aromatic heterocycles. The van der Waals surface area contributed by atoms with Gasteiger partial charge in [0, 0.05) is 24.8 Å². The van der Waals surface area contributed by atoms with Crippen molar-refractivity contribution in [3.8, 4) is 0 Å². The number of benzene rings is 2. The molecule has 2 heterocycles. The maximum Gasteiger partial charge on any atom is 0.337 e. The van der Waals surface area contributed by atoms with Crippen LogP contribution in [0.25, 0.3) is 0 Å². The molecule has 2 aromatic carbocycles. The Labute approximate surface area is 202 Å². The van der Waals surface area contributed by atoms with Gasteiger partial charge < -0.3 is 14.9 Å². The van der Waals surface area contributed by atoms with Crippen molar-refractivity contribution in [2.45, 2.75) is 63.8 Å². The molecular formula is C26H35N3O4S. The fourth-order valence-corrected chi connectivity index (χ4v) is 6.58. The molecule has 0 aliphatic carbocycles. The maximum atomic E-state index is 13.1. The lowest BCUT2D eigenvalue weighted by Crippen LogP contribution is -2.46. The molecule has 34 heavy (non-hydrogen) atoms. The molecule has 0 saturated carbocycles. The molecule has 8 heteroatoms. The number of hydrogen-bond acceptors (Lipinski definition) is 5. The number of aryl methyl sites for hydroxylation is 3. The second-order valence-corrected chi connectivity index (χ2v) is 11.3. The highest BCUT2D eigenvalue weighted by Gasteiger charge is 2.27. The number of carbonyl (C=O) groups is 1. The van der Waals surface area contributed by atoms with Gasteiger partial charge in [0.2, 0.25) is 0 Å². The summed E-state index contributed by atoms with van der Waals surface area (Å²) in [6, 6.07) is 9.05. The Bertz CT molecular complexity index is 1160. The summed E-state index contributed by atoms with van der Waals surface area (Å²) in [6.07, 6.45) is 6.00. The monoisotopic (exact) mass is 485 g/mol. The first-order valence-electron chi connectivity index (χ1n) is 12.1. The molecule has 2 aliphatic heterocycles. The summed E-state index contributed by atoms with van der Waals surface area (Å²) in [5.74, 6) is -1.15. The van der Waals surface area contributed by atoms with Gasteiger partial charge in [-0.15, -0.1) is 0 Å². The number of aromatic carboxylic acids is 1. The van der Waals surface area contributed by atoms with Gasteiger partial charge in [0.25, 0.3) is 10.0 Å². The van der Waals surface area contributed by atoms with Gasteiger partial charge in [0.05, 0.1) is 16.1 Å². The zero-order valence-corrected chi connectivity index (χ0v) is 21.1. The minimum atomic E-state index is -3.93. The number of carboxylic acids is 1. The summed E-state index contributed by atoms with van der Waals surface area (Å²) in [5, 5.41) is 9.84. The van der Waals surface area contributed by atoms with Crippen LogP contribution in [0.1, 0.15) is 59.2 Å². The van der Waals surface area contributed by atoms with E-state index in [1.54, 1.807) is 25.1 Å². The average molecular weight is 486 g/mol. The Morgan fingerprint density at radius 1 is 0.912 bits per heavy atom. The molecule has 0 radical (unpaired) electrons. The van der Waals surface area contributed by atoms with Crippen molar-refractivity contribution in [3.05, 3.63) is 52.6 Å². The van der Waals surface area contributed by atoms with Crippen molar-refractivity contribution >= 4 is 27.4 Å². The average Bonchev–Trinajstić information content (AvgIpc) is 2.82. The number of piperidine rings is 2. The Kier molecular flexibility index (Phi) is 7.19. The Hall–Kier alpha value is -2.58. The third kappa shape index (κ3) is 5.23. The van der Waals surface area contributed by atoms with E-state index in [1.807, 2.05) is 26.0 Å². The third-order valence-corrected chi connectivity index (χ3v) is 8.80. The second kappa shape index (κ2) is 9.96. The minimum absolute atomic E-state index is 0.0410. The normalized spacial score (nSPS) is 18.1. The Morgan fingerprint density at radius 2 is 1.56 bits per heavy atom. The van der Waals surface area contributed by atoms with Crippen molar-refractivity contribution in [2.24, 2.45) is 0 Å².